The third-order valence-electron chi connectivity index (χ3n) is 3.61. The van der Waals surface area contributed by atoms with Crippen LogP contribution in [0, 0.1) is 0 Å². The zero-order chi connectivity index (χ0) is 12.4. The van der Waals surface area contributed by atoms with Crippen LogP contribution in [0.3, 0.4) is 0 Å². The van der Waals surface area contributed by atoms with Gasteiger partial charge in [0.1, 0.15) is 6.10 Å². The van der Waals surface area contributed by atoms with Gasteiger partial charge in [-0.05, 0) is 25.8 Å². The van der Waals surface area contributed by atoms with Gasteiger partial charge >= 0.3 is 5.97 Å². The van der Waals surface area contributed by atoms with Gasteiger partial charge in [0.15, 0.2) is 0 Å². The average molecular weight is 237 g/mol. The molecule has 0 saturated carbocycles. The molecule has 1 saturated heterocycles. The van der Waals surface area contributed by atoms with E-state index in [0.29, 0.717) is 5.57 Å². The summed E-state index contributed by atoms with van der Waals surface area (Å²) >= 11 is 0. The highest BCUT2D eigenvalue weighted by Crippen LogP contribution is 2.31. The molecule has 0 unspecified atom stereocenters. The average Bonchev–Trinajstić information content (AvgIpc) is 2.90. The summed E-state index contributed by atoms with van der Waals surface area (Å²) in [5, 5.41) is 9.27. The summed E-state index contributed by atoms with van der Waals surface area (Å²) < 4.78 is 5.51. The first kappa shape index (κ1) is 12.3. The minimum atomic E-state index is -0.247. The topological polar surface area (TPSA) is 49.8 Å². The second kappa shape index (κ2) is 5.02. The Bertz CT molecular complexity index is 373. The molecular formula is C13H19NO3. The zero-order valence-electron chi connectivity index (χ0n) is 10.3. The van der Waals surface area contributed by atoms with Gasteiger partial charge in [-0.2, -0.15) is 0 Å². The summed E-state index contributed by atoms with van der Waals surface area (Å²) in [7, 11) is 0. The maximum Gasteiger partial charge on any atom is 0.333 e. The number of allylic oxidation sites excluding steroid dienone is 1. The lowest BCUT2D eigenvalue weighted by molar-refractivity contribution is -0.144. The maximum absolute atomic E-state index is 11.7. The smallest absolute Gasteiger partial charge is 0.333 e. The van der Waals surface area contributed by atoms with E-state index in [1.807, 2.05) is 13.0 Å². The van der Waals surface area contributed by atoms with Crippen LogP contribution in [0.1, 0.15) is 20.3 Å². The maximum atomic E-state index is 11.7. The predicted molar refractivity (Wildman–Crippen MR) is 64.5 cm³/mol. The number of aliphatic hydroxyl groups is 1. The van der Waals surface area contributed by atoms with Crippen LogP contribution in [0.5, 0.6) is 0 Å². The number of ether oxygens (including phenoxy) is 1. The highest BCUT2D eigenvalue weighted by atomic mass is 16.5. The molecule has 0 amide bonds. The van der Waals surface area contributed by atoms with Crippen LogP contribution in [0.4, 0.5) is 0 Å². The summed E-state index contributed by atoms with van der Waals surface area (Å²) in [6.07, 6.45) is 4.53. The summed E-state index contributed by atoms with van der Waals surface area (Å²) in [6, 6.07) is 0.0913. The van der Waals surface area contributed by atoms with Crippen LogP contribution in [0.15, 0.2) is 23.3 Å². The minimum Gasteiger partial charge on any atom is -0.457 e. The second-order valence-electron chi connectivity index (χ2n) is 4.58. The van der Waals surface area contributed by atoms with Crippen molar-refractivity contribution in [3.63, 3.8) is 0 Å². The number of rotatable bonds is 3. The Morgan fingerprint density at radius 2 is 2.47 bits per heavy atom. The fourth-order valence-corrected chi connectivity index (χ4v) is 2.49. The Kier molecular flexibility index (Phi) is 3.64. The molecule has 1 N–H and O–H groups in total. The van der Waals surface area contributed by atoms with Crippen LogP contribution in [0.25, 0.3) is 0 Å². The molecule has 2 aliphatic heterocycles. The number of aliphatic hydroxyl groups excluding tert-OH is 1. The number of carbonyl (C=O) groups is 1. The van der Waals surface area contributed by atoms with Crippen LogP contribution >= 0.6 is 0 Å². The minimum absolute atomic E-state index is 0.0534. The lowest BCUT2D eigenvalue weighted by atomic mass is 10.1. The number of carbonyl (C=O) groups excluding carboxylic acids is 1. The van der Waals surface area contributed by atoms with Gasteiger partial charge in [-0.1, -0.05) is 12.2 Å². The Balaban J connectivity index is 2.03. The standard InChI is InChI=1S/C13H19NO3/c1-3-9(2)13(16)17-11-5-7-14-6-4-10(8-15)12(11)14/h3-4,11-12,15H,5-8H2,1-2H3/t11-,12-/m1/s1. The van der Waals surface area contributed by atoms with E-state index < -0.39 is 0 Å². The normalized spacial score (nSPS) is 29.1. The van der Waals surface area contributed by atoms with Crippen molar-refractivity contribution < 1.29 is 14.6 Å². The molecule has 2 heterocycles. The number of esters is 1. The quantitative estimate of drug-likeness (QED) is 0.449. The Hall–Kier alpha value is -1.13. The largest absolute Gasteiger partial charge is 0.457 e. The molecule has 17 heavy (non-hydrogen) atoms. The predicted octanol–water partition coefficient (Wildman–Crippen LogP) is 0.871. The highest BCUT2D eigenvalue weighted by molar-refractivity contribution is 5.87. The van der Waals surface area contributed by atoms with Crippen molar-refractivity contribution in [2.45, 2.75) is 32.4 Å². The molecule has 0 bridgehead atoms. The highest BCUT2D eigenvalue weighted by Gasteiger charge is 2.41. The summed E-state index contributed by atoms with van der Waals surface area (Å²) in [5.74, 6) is -0.247. The Morgan fingerprint density at radius 3 is 3.12 bits per heavy atom. The third kappa shape index (κ3) is 2.28. The number of hydrogen-bond acceptors (Lipinski definition) is 4. The van der Waals surface area contributed by atoms with E-state index in [0.717, 1.165) is 25.1 Å². The van der Waals surface area contributed by atoms with Gasteiger partial charge in [-0.15, -0.1) is 0 Å². The van der Waals surface area contributed by atoms with Gasteiger partial charge in [0.25, 0.3) is 0 Å². The van der Waals surface area contributed by atoms with Gasteiger partial charge in [-0.3, -0.25) is 4.90 Å². The number of nitrogens with zero attached hydrogens (tertiary/aromatic N) is 1. The fraction of sp³-hybridized carbons (Fsp3) is 0.615. The van der Waals surface area contributed by atoms with Crippen molar-refractivity contribution >= 4 is 5.97 Å². The lowest BCUT2D eigenvalue weighted by Gasteiger charge is -2.23. The van der Waals surface area contributed by atoms with E-state index in [1.165, 1.54) is 0 Å². The van der Waals surface area contributed by atoms with Gasteiger partial charge in [0, 0.05) is 18.7 Å². The van der Waals surface area contributed by atoms with Crippen LogP contribution < -0.4 is 0 Å². The molecule has 2 rings (SSSR count). The van der Waals surface area contributed by atoms with Crippen molar-refractivity contribution in [3.8, 4) is 0 Å². The van der Waals surface area contributed by atoms with Crippen molar-refractivity contribution in [2.75, 3.05) is 19.7 Å². The summed E-state index contributed by atoms with van der Waals surface area (Å²) in [5.41, 5.74) is 1.62. The van der Waals surface area contributed by atoms with Gasteiger partial charge in [0.2, 0.25) is 0 Å². The van der Waals surface area contributed by atoms with Crippen LogP contribution in [-0.4, -0.2) is 47.8 Å². The van der Waals surface area contributed by atoms with Crippen molar-refractivity contribution in [3.05, 3.63) is 23.3 Å². The fourth-order valence-electron chi connectivity index (χ4n) is 2.49. The molecule has 0 spiro atoms. The van der Waals surface area contributed by atoms with E-state index in [1.54, 1.807) is 13.0 Å². The Labute approximate surface area is 102 Å². The molecule has 2 aliphatic rings. The molecule has 1 fully saturated rings. The van der Waals surface area contributed by atoms with Crippen LogP contribution in [-0.2, 0) is 9.53 Å². The van der Waals surface area contributed by atoms with Gasteiger partial charge < -0.3 is 9.84 Å². The van der Waals surface area contributed by atoms with E-state index in [4.69, 9.17) is 4.74 Å². The van der Waals surface area contributed by atoms with E-state index in [2.05, 4.69) is 4.90 Å². The first-order valence-electron chi connectivity index (χ1n) is 6.05. The lowest BCUT2D eigenvalue weighted by Crippen LogP contribution is -2.35. The summed E-state index contributed by atoms with van der Waals surface area (Å²) in [6.45, 7) is 5.42. The van der Waals surface area contributed by atoms with Crippen molar-refractivity contribution in [2.24, 2.45) is 0 Å². The molecule has 94 valence electrons. The summed E-state index contributed by atoms with van der Waals surface area (Å²) in [4.78, 5) is 14.0. The van der Waals surface area contributed by atoms with E-state index >= 15 is 0 Å². The SMILES string of the molecule is CC=C(C)C(=O)O[C@@H]1CCN2CC=C(CO)[C@H]12. The Morgan fingerprint density at radius 1 is 1.71 bits per heavy atom. The van der Waals surface area contributed by atoms with E-state index in [-0.39, 0.29) is 24.7 Å². The molecular weight excluding hydrogens is 218 g/mol. The van der Waals surface area contributed by atoms with Crippen LogP contribution in [0.2, 0.25) is 0 Å². The van der Waals surface area contributed by atoms with Gasteiger partial charge in [0.05, 0.1) is 12.6 Å². The monoisotopic (exact) mass is 237 g/mol. The first-order valence-corrected chi connectivity index (χ1v) is 6.05. The van der Waals surface area contributed by atoms with E-state index in [9.17, 15) is 9.90 Å². The van der Waals surface area contributed by atoms with Gasteiger partial charge in [-0.25, -0.2) is 4.79 Å². The second-order valence-corrected chi connectivity index (χ2v) is 4.58. The molecule has 2 atom stereocenters. The molecule has 0 aromatic heterocycles. The van der Waals surface area contributed by atoms with Crippen molar-refractivity contribution in [1.82, 2.24) is 4.90 Å². The molecule has 0 aliphatic carbocycles. The number of hydrogen-bond donors (Lipinski definition) is 1. The molecule has 0 aromatic rings. The van der Waals surface area contributed by atoms with Crippen molar-refractivity contribution in [1.29, 1.82) is 0 Å². The first-order chi connectivity index (χ1) is 8.17. The zero-order valence-corrected chi connectivity index (χ0v) is 10.3. The molecule has 4 heteroatoms. The molecule has 0 radical (unpaired) electrons. The number of fused-ring (bicyclic) bond motifs is 1. The molecule has 0 aromatic carbocycles. The third-order valence-corrected chi connectivity index (χ3v) is 3.61. The molecule has 4 nitrogen and oxygen atoms in total.